The van der Waals surface area contributed by atoms with Gasteiger partial charge in [0.15, 0.2) is 0 Å². The van der Waals surface area contributed by atoms with E-state index in [9.17, 15) is 9.18 Å². The average molecular weight is 295 g/mol. The Morgan fingerprint density at radius 2 is 2.48 bits per heavy atom. The summed E-state index contributed by atoms with van der Waals surface area (Å²) < 4.78 is 24.7. The summed E-state index contributed by atoms with van der Waals surface area (Å²) >= 11 is 0. The van der Waals surface area contributed by atoms with Crippen molar-refractivity contribution in [3.05, 3.63) is 35.1 Å². The standard InChI is InChI=1S/C14H18FN3O3/c15-13-6-10(7-17-18-14(16)19)3-4-11(13)8-20-9-12-2-1-5-21-12/h3-4,6-7,12H,1-2,5,8-9H2,(H3,16,18,19). The fourth-order valence-corrected chi connectivity index (χ4v) is 2.01. The first kappa shape index (κ1) is 15.4. The minimum absolute atomic E-state index is 0.124. The van der Waals surface area contributed by atoms with E-state index >= 15 is 0 Å². The van der Waals surface area contributed by atoms with Crippen molar-refractivity contribution in [1.82, 2.24) is 5.43 Å². The van der Waals surface area contributed by atoms with E-state index in [1.807, 2.05) is 5.43 Å². The molecule has 1 saturated heterocycles. The van der Waals surface area contributed by atoms with Crippen LogP contribution in [0.3, 0.4) is 0 Å². The third-order valence-electron chi connectivity index (χ3n) is 3.05. The van der Waals surface area contributed by atoms with Gasteiger partial charge in [-0.15, -0.1) is 0 Å². The fourth-order valence-electron chi connectivity index (χ4n) is 2.01. The Kier molecular flexibility index (Phi) is 5.65. The summed E-state index contributed by atoms with van der Waals surface area (Å²) in [5.41, 5.74) is 7.88. The second kappa shape index (κ2) is 7.70. The van der Waals surface area contributed by atoms with Crippen LogP contribution in [0.15, 0.2) is 23.3 Å². The van der Waals surface area contributed by atoms with Crippen LogP contribution < -0.4 is 11.2 Å². The Labute approximate surface area is 122 Å². The van der Waals surface area contributed by atoms with Crippen LogP contribution in [0.2, 0.25) is 0 Å². The van der Waals surface area contributed by atoms with Crippen molar-refractivity contribution in [2.24, 2.45) is 10.8 Å². The lowest BCUT2D eigenvalue weighted by Gasteiger charge is -2.10. The van der Waals surface area contributed by atoms with Crippen LogP contribution in [0, 0.1) is 5.82 Å². The number of carbonyl (C=O) groups is 1. The van der Waals surface area contributed by atoms with Crippen LogP contribution >= 0.6 is 0 Å². The molecule has 2 rings (SSSR count). The molecule has 21 heavy (non-hydrogen) atoms. The van der Waals surface area contributed by atoms with E-state index < -0.39 is 6.03 Å². The van der Waals surface area contributed by atoms with Gasteiger partial charge in [0, 0.05) is 12.2 Å². The van der Waals surface area contributed by atoms with Crippen molar-refractivity contribution in [1.29, 1.82) is 0 Å². The predicted octanol–water partition coefficient (Wildman–Crippen LogP) is 1.52. The molecule has 1 aliphatic heterocycles. The first-order chi connectivity index (χ1) is 10.1. The third-order valence-corrected chi connectivity index (χ3v) is 3.05. The zero-order valence-corrected chi connectivity index (χ0v) is 11.5. The normalized spacial score (nSPS) is 18.2. The molecule has 1 aromatic carbocycles. The van der Waals surface area contributed by atoms with Crippen LogP contribution in [0.5, 0.6) is 0 Å². The van der Waals surface area contributed by atoms with Crippen LogP contribution in [0.4, 0.5) is 9.18 Å². The lowest BCUT2D eigenvalue weighted by Crippen LogP contribution is -2.24. The van der Waals surface area contributed by atoms with Gasteiger partial charge in [0.1, 0.15) is 5.82 Å². The first-order valence-electron chi connectivity index (χ1n) is 6.71. The fraction of sp³-hybridized carbons (Fsp3) is 0.429. The zero-order valence-electron chi connectivity index (χ0n) is 11.5. The molecule has 1 aromatic rings. The van der Waals surface area contributed by atoms with E-state index in [1.54, 1.807) is 12.1 Å². The number of urea groups is 1. The Morgan fingerprint density at radius 3 is 3.14 bits per heavy atom. The van der Waals surface area contributed by atoms with Gasteiger partial charge in [-0.05, 0) is 24.5 Å². The van der Waals surface area contributed by atoms with Gasteiger partial charge in [0.2, 0.25) is 0 Å². The molecule has 0 bridgehead atoms. The maximum Gasteiger partial charge on any atom is 0.332 e. The summed E-state index contributed by atoms with van der Waals surface area (Å²) in [6, 6.07) is 3.85. The first-order valence-corrected chi connectivity index (χ1v) is 6.71. The summed E-state index contributed by atoms with van der Waals surface area (Å²) in [6.07, 6.45) is 3.48. The van der Waals surface area contributed by atoms with Crippen LogP contribution in [-0.2, 0) is 16.1 Å². The quantitative estimate of drug-likeness (QED) is 0.616. The zero-order chi connectivity index (χ0) is 15.1. The Balaban J connectivity index is 1.83. The molecule has 114 valence electrons. The molecule has 3 N–H and O–H groups in total. The Hall–Kier alpha value is -1.99. The number of hydrazone groups is 1. The van der Waals surface area contributed by atoms with Gasteiger partial charge in [-0.2, -0.15) is 5.10 Å². The van der Waals surface area contributed by atoms with Crippen molar-refractivity contribution >= 4 is 12.2 Å². The van der Waals surface area contributed by atoms with E-state index in [2.05, 4.69) is 5.10 Å². The number of carbonyl (C=O) groups excluding carboxylic acids is 1. The SMILES string of the molecule is NC(=O)NN=Cc1ccc(COCC2CCCO2)c(F)c1. The van der Waals surface area contributed by atoms with Crippen LogP contribution in [0.25, 0.3) is 0 Å². The number of rotatable bonds is 6. The molecule has 1 heterocycles. The van der Waals surface area contributed by atoms with Gasteiger partial charge in [-0.25, -0.2) is 14.6 Å². The molecule has 1 unspecified atom stereocenters. The van der Waals surface area contributed by atoms with Crippen LogP contribution in [0.1, 0.15) is 24.0 Å². The molecule has 0 saturated carbocycles. The number of nitrogens with zero attached hydrogens (tertiary/aromatic N) is 1. The minimum Gasteiger partial charge on any atom is -0.376 e. The number of hydrogen-bond donors (Lipinski definition) is 2. The number of amides is 2. The van der Waals surface area contributed by atoms with Crippen molar-refractivity contribution in [3.8, 4) is 0 Å². The van der Waals surface area contributed by atoms with Gasteiger partial charge >= 0.3 is 6.03 Å². The number of primary amides is 1. The highest BCUT2D eigenvalue weighted by Gasteiger charge is 2.15. The van der Waals surface area contributed by atoms with E-state index in [0.29, 0.717) is 17.7 Å². The largest absolute Gasteiger partial charge is 0.376 e. The highest BCUT2D eigenvalue weighted by atomic mass is 19.1. The van der Waals surface area contributed by atoms with Gasteiger partial charge in [-0.1, -0.05) is 12.1 Å². The van der Waals surface area contributed by atoms with Crippen molar-refractivity contribution in [2.75, 3.05) is 13.2 Å². The molecule has 1 aliphatic rings. The number of hydrogen-bond acceptors (Lipinski definition) is 4. The monoisotopic (exact) mass is 295 g/mol. The lowest BCUT2D eigenvalue weighted by atomic mass is 10.1. The Bertz CT molecular complexity index is 516. The van der Waals surface area contributed by atoms with E-state index in [4.69, 9.17) is 15.2 Å². The maximum absolute atomic E-state index is 13.9. The molecule has 0 aliphatic carbocycles. The summed E-state index contributed by atoms with van der Waals surface area (Å²) in [4.78, 5) is 10.4. The molecule has 0 spiro atoms. The summed E-state index contributed by atoms with van der Waals surface area (Å²) in [5, 5.41) is 3.56. The van der Waals surface area contributed by atoms with Crippen LogP contribution in [-0.4, -0.2) is 31.6 Å². The highest BCUT2D eigenvalue weighted by Crippen LogP contribution is 2.14. The molecule has 7 heteroatoms. The van der Waals surface area contributed by atoms with Crippen molar-refractivity contribution < 1.29 is 18.7 Å². The number of nitrogens with two attached hydrogens (primary N) is 1. The van der Waals surface area contributed by atoms with E-state index in [-0.39, 0.29) is 18.5 Å². The topological polar surface area (TPSA) is 85.9 Å². The van der Waals surface area contributed by atoms with Gasteiger partial charge < -0.3 is 15.2 Å². The van der Waals surface area contributed by atoms with Crippen molar-refractivity contribution in [2.45, 2.75) is 25.6 Å². The number of ether oxygens (including phenoxy) is 2. The molecule has 1 atom stereocenters. The second-order valence-electron chi connectivity index (χ2n) is 4.74. The number of benzene rings is 1. The average Bonchev–Trinajstić information content (AvgIpc) is 2.94. The predicted molar refractivity (Wildman–Crippen MR) is 75.3 cm³/mol. The summed E-state index contributed by atoms with van der Waals surface area (Å²) in [7, 11) is 0. The van der Waals surface area contributed by atoms with Gasteiger partial charge in [-0.3, -0.25) is 0 Å². The molecule has 1 fully saturated rings. The molecule has 2 amide bonds. The van der Waals surface area contributed by atoms with E-state index in [0.717, 1.165) is 19.4 Å². The van der Waals surface area contributed by atoms with Gasteiger partial charge in [0.25, 0.3) is 0 Å². The summed E-state index contributed by atoms with van der Waals surface area (Å²) in [5.74, 6) is -0.384. The number of nitrogens with one attached hydrogen (secondary N) is 1. The lowest BCUT2D eigenvalue weighted by molar-refractivity contribution is 0.00982. The van der Waals surface area contributed by atoms with E-state index in [1.165, 1.54) is 12.3 Å². The second-order valence-corrected chi connectivity index (χ2v) is 4.74. The third kappa shape index (κ3) is 5.13. The highest BCUT2D eigenvalue weighted by molar-refractivity contribution is 5.81. The molecular weight excluding hydrogens is 277 g/mol. The maximum atomic E-state index is 13.9. The minimum atomic E-state index is -0.772. The number of halogens is 1. The molecule has 0 radical (unpaired) electrons. The molecular formula is C14H18FN3O3. The summed E-state index contributed by atoms with van der Waals surface area (Å²) in [6.45, 7) is 1.45. The van der Waals surface area contributed by atoms with Gasteiger partial charge in [0.05, 0.1) is 25.5 Å². The molecule has 0 aromatic heterocycles. The smallest absolute Gasteiger partial charge is 0.332 e. The molecule has 6 nitrogen and oxygen atoms in total. The Morgan fingerprint density at radius 1 is 1.62 bits per heavy atom. The van der Waals surface area contributed by atoms with Crippen molar-refractivity contribution in [3.63, 3.8) is 0 Å².